The summed E-state index contributed by atoms with van der Waals surface area (Å²) in [6.07, 6.45) is 0. The zero-order valence-corrected chi connectivity index (χ0v) is 10.1. The molecule has 16 heavy (non-hydrogen) atoms. The first-order valence-corrected chi connectivity index (χ1v) is 5.53. The van der Waals surface area contributed by atoms with Crippen molar-refractivity contribution in [2.45, 2.75) is 19.9 Å². The first-order valence-electron chi connectivity index (χ1n) is 5.16. The van der Waals surface area contributed by atoms with Crippen molar-refractivity contribution in [2.24, 2.45) is 5.73 Å². The Morgan fingerprint density at radius 3 is 2.50 bits per heavy atom. The molecule has 1 aromatic heterocycles. The lowest BCUT2D eigenvalue weighted by Gasteiger charge is -2.12. The fourth-order valence-electron chi connectivity index (χ4n) is 1.82. The van der Waals surface area contributed by atoms with Gasteiger partial charge in [-0.1, -0.05) is 23.8 Å². The number of furan rings is 1. The van der Waals surface area contributed by atoms with Crippen molar-refractivity contribution in [1.82, 2.24) is 0 Å². The molecule has 0 aliphatic carbocycles. The summed E-state index contributed by atoms with van der Waals surface area (Å²) >= 11 is 5.73. The van der Waals surface area contributed by atoms with E-state index in [-0.39, 0.29) is 6.04 Å². The number of hydrogen-bond acceptors (Lipinski definition) is 2. The van der Waals surface area contributed by atoms with E-state index in [0.29, 0.717) is 11.0 Å². The highest BCUT2D eigenvalue weighted by molar-refractivity contribution is 6.28. The van der Waals surface area contributed by atoms with Crippen molar-refractivity contribution in [3.05, 3.63) is 58.0 Å². The average Bonchev–Trinajstić information content (AvgIpc) is 2.64. The molecule has 0 amide bonds. The van der Waals surface area contributed by atoms with Gasteiger partial charge in [-0.3, -0.25) is 0 Å². The number of benzene rings is 1. The second-order valence-electron chi connectivity index (χ2n) is 3.98. The lowest BCUT2D eigenvalue weighted by molar-refractivity contribution is 0.491. The second kappa shape index (κ2) is 4.32. The van der Waals surface area contributed by atoms with Gasteiger partial charge < -0.3 is 10.2 Å². The zero-order chi connectivity index (χ0) is 11.7. The molecule has 0 aliphatic rings. The molecule has 0 saturated heterocycles. The minimum Gasteiger partial charge on any atom is -0.448 e. The topological polar surface area (TPSA) is 39.2 Å². The van der Waals surface area contributed by atoms with E-state index in [2.05, 4.69) is 13.0 Å². The maximum absolute atomic E-state index is 6.13. The maximum atomic E-state index is 6.13. The third-order valence-electron chi connectivity index (χ3n) is 2.66. The molecule has 1 heterocycles. The number of halogens is 1. The van der Waals surface area contributed by atoms with Gasteiger partial charge in [-0.25, -0.2) is 0 Å². The van der Waals surface area contributed by atoms with Gasteiger partial charge in [0, 0.05) is 0 Å². The third kappa shape index (κ3) is 2.13. The molecule has 1 atom stereocenters. The first kappa shape index (κ1) is 11.2. The molecule has 0 bridgehead atoms. The Morgan fingerprint density at radius 2 is 1.94 bits per heavy atom. The summed E-state index contributed by atoms with van der Waals surface area (Å²) in [5, 5.41) is 0.371. The van der Waals surface area contributed by atoms with Crippen LogP contribution in [0.3, 0.4) is 0 Å². The molecule has 1 unspecified atom stereocenters. The van der Waals surface area contributed by atoms with Crippen molar-refractivity contribution in [2.75, 3.05) is 0 Å². The largest absolute Gasteiger partial charge is 0.448 e. The van der Waals surface area contributed by atoms with Gasteiger partial charge in [0.2, 0.25) is 0 Å². The Morgan fingerprint density at radius 1 is 1.19 bits per heavy atom. The summed E-state index contributed by atoms with van der Waals surface area (Å²) < 4.78 is 5.33. The quantitative estimate of drug-likeness (QED) is 0.864. The Bertz CT molecular complexity index is 504. The van der Waals surface area contributed by atoms with E-state index in [9.17, 15) is 0 Å². The normalized spacial score (nSPS) is 12.8. The molecule has 84 valence electrons. The van der Waals surface area contributed by atoms with Crippen LogP contribution >= 0.6 is 11.6 Å². The van der Waals surface area contributed by atoms with Crippen molar-refractivity contribution < 1.29 is 4.42 Å². The third-order valence-corrected chi connectivity index (χ3v) is 2.86. The molecule has 0 aliphatic heterocycles. The van der Waals surface area contributed by atoms with Gasteiger partial charge >= 0.3 is 0 Å². The standard InChI is InChI=1S/C13H14ClNO/c1-8-3-4-10(9(2)7-8)13(15)11-5-6-12(14)16-11/h3-7,13H,15H2,1-2H3. The summed E-state index contributed by atoms with van der Waals surface area (Å²) in [6, 6.07) is 9.46. The highest BCUT2D eigenvalue weighted by Crippen LogP contribution is 2.26. The summed E-state index contributed by atoms with van der Waals surface area (Å²) in [7, 11) is 0. The van der Waals surface area contributed by atoms with Crippen LogP contribution in [-0.2, 0) is 0 Å². The maximum Gasteiger partial charge on any atom is 0.193 e. The van der Waals surface area contributed by atoms with Crippen molar-refractivity contribution >= 4 is 11.6 Å². The molecule has 0 saturated carbocycles. The molecular weight excluding hydrogens is 222 g/mol. The van der Waals surface area contributed by atoms with Gasteiger partial charge in [0.15, 0.2) is 5.22 Å². The Hall–Kier alpha value is -1.25. The fraction of sp³-hybridized carbons (Fsp3) is 0.231. The van der Waals surface area contributed by atoms with E-state index in [4.69, 9.17) is 21.8 Å². The van der Waals surface area contributed by atoms with Gasteiger partial charge in [-0.15, -0.1) is 0 Å². The van der Waals surface area contributed by atoms with E-state index in [0.717, 1.165) is 5.56 Å². The van der Waals surface area contributed by atoms with Crippen LogP contribution in [0.1, 0.15) is 28.5 Å². The predicted octanol–water partition coefficient (Wildman–Crippen LogP) is 3.60. The van der Waals surface area contributed by atoms with E-state index < -0.39 is 0 Å². The van der Waals surface area contributed by atoms with Crippen LogP contribution in [0, 0.1) is 13.8 Å². The molecule has 2 rings (SSSR count). The molecule has 0 radical (unpaired) electrons. The molecule has 0 spiro atoms. The Kier molecular flexibility index (Phi) is 3.03. The summed E-state index contributed by atoms with van der Waals surface area (Å²) in [5.74, 6) is 0.692. The second-order valence-corrected chi connectivity index (χ2v) is 4.35. The summed E-state index contributed by atoms with van der Waals surface area (Å²) in [4.78, 5) is 0. The van der Waals surface area contributed by atoms with Crippen LogP contribution in [0.25, 0.3) is 0 Å². The van der Waals surface area contributed by atoms with Gasteiger partial charge in [0.05, 0.1) is 6.04 Å². The van der Waals surface area contributed by atoms with Crippen LogP contribution in [-0.4, -0.2) is 0 Å². The van der Waals surface area contributed by atoms with E-state index in [1.54, 1.807) is 6.07 Å². The highest BCUT2D eigenvalue weighted by atomic mass is 35.5. The first-order chi connectivity index (χ1) is 7.58. The van der Waals surface area contributed by atoms with Gasteiger partial charge in [0.25, 0.3) is 0 Å². The number of rotatable bonds is 2. The van der Waals surface area contributed by atoms with Crippen LogP contribution in [0.5, 0.6) is 0 Å². The monoisotopic (exact) mass is 235 g/mol. The average molecular weight is 236 g/mol. The van der Waals surface area contributed by atoms with Gasteiger partial charge in [0.1, 0.15) is 5.76 Å². The molecule has 3 heteroatoms. The van der Waals surface area contributed by atoms with Crippen LogP contribution in [0.15, 0.2) is 34.7 Å². The summed E-state index contributed by atoms with van der Waals surface area (Å²) in [6.45, 7) is 4.11. The molecule has 1 aromatic carbocycles. The number of aryl methyl sites for hydroxylation is 2. The number of nitrogens with two attached hydrogens (primary N) is 1. The SMILES string of the molecule is Cc1ccc(C(N)c2ccc(Cl)o2)c(C)c1. The van der Waals surface area contributed by atoms with Crippen LogP contribution in [0.2, 0.25) is 5.22 Å². The molecule has 2 nitrogen and oxygen atoms in total. The smallest absolute Gasteiger partial charge is 0.193 e. The van der Waals surface area contributed by atoms with Gasteiger partial charge in [-0.2, -0.15) is 0 Å². The zero-order valence-electron chi connectivity index (χ0n) is 9.33. The predicted molar refractivity (Wildman–Crippen MR) is 65.7 cm³/mol. The molecule has 0 fully saturated rings. The van der Waals surface area contributed by atoms with E-state index in [1.165, 1.54) is 11.1 Å². The summed E-state index contributed by atoms with van der Waals surface area (Å²) in [5.41, 5.74) is 9.59. The minimum absolute atomic E-state index is 0.256. The van der Waals surface area contributed by atoms with Gasteiger partial charge in [-0.05, 0) is 48.7 Å². The minimum atomic E-state index is -0.256. The number of hydrogen-bond donors (Lipinski definition) is 1. The van der Waals surface area contributed by atoms with Crippen molar-refractivity contribution in [3.63, 3.8) is 0 Å². The Balaban J connectivity index is 2.37. The lowest BCUT2D eigenvalue weighted by atomic mass is 9.98. The van der Waals surface area contributed by atoms with Crippen LogP contribution < -0.4 is 5.73 Å². The van der Waals surface area contributed by atoms with Crippen molar-refractivity contribution in [3.8, 4) is 0 Å². The highest BCUT2D eigenvalue weighted by Gasteiger charge is 2.14. The van der Waals surface area contributed by atoms with Crippen LogP contribution in [0.4, 0.5) is 0 Å². The molecular formula is C13H14ClNO. The molecule has 2 N–H and O–H groups in total. The van der Waals surface area contributed by atoms with E-state index in [1.807, 2.05) is 25.1 Å². The lowest BCUT2D eigenvalue weighted by Crippen LogP contribution is -2.12. The fourth-order valence-corrected chi connectivity index (χ4v) is 1.98. The van der Waals surface area contributed by atoms with E-state index >= 15 is 0 Å². The molecule has 2 aromatic rings. The van der Waals surface area contributed by atoms with Crippen molar-refractivity contribution in [1.29, 1.82) is 0 Å². The Labute approximate surface area is 100 Å².